The number of rotatable bonds is 0. The van der Waals surface area contributed by atoms with Gasteiger partial charge >= 0.3 is 0 Å². The Kier molecular flexibility index (Phi) is 6.99. The van der Waals surface area contributed by atoms with Crippen molar-refractivity contribution in [3.63, 3.8) is 0 Å². The summed E-state index contributed by atoms with van der Waals surface area (Å²) >= 11 is 0. The Labute approximate surface area is 93.9 Å². The maximum absolute atomic E-state index is 3.00. The first kappa shape index (κ1) is 14.6. The van der Waals surface area contributed by atoms with Crippen molar-refractivity contribution in [2.24, 2.45) is 0 Å². The molecule has 0 heterocycles. The molecular formula is C10H14ClZn-. The van der Waals surface area contributed by atoms with Gasteiger partial charge in [-0.3, -0.25) is 0 Å². The fourth-order valence-corrected chi connectivity index (χ4v) is 0.887. The largest absolute Gasteiger partial charge is 0.184 e. The maximum Gasteiger partial charge on any atom is 0 e. The average molecular weight is 235 g/mol. The van der Waals surface area contributed by atoms with Crippen LogP contribution in [0, 0.1) is 6.07 Å². The summed E-state index contributed by atoms with van der Waals surface area (Å²) in [5.74, 6) is 0. The molecule has 64 valence electrons. The molecule has 0 N–H and O–H groups in total. The third-order valence-electron chi connectivity index (χ3n) is 1.58. The molecule has 0 radical (unpaired) electrons. The van der Waals surface area contributed by atoms with Gasteiger partial charge in [0.1, 0.15) is 0 Å². The maximum atomic E-state index is 3.00. The van der Waals surface area contributed by atoms with Crippen molar-refractivity contribution in [3.05, 3.63) is 35.9 Å². The van der Waals surface area contributed by atoms with Gasteiger partial charge in [-0.05, 0) is 5.41 Å². The van der Waals surface area contributed by atoms with Crippen LogP contribution in [0.1, 0.15) is 26.3 Å². The quantitative estimate of drug-likeness (QED) is 0.478. The summed E-state index contributed by atoms with van der Waals surface area (Å²) in [6, 6.07) is 11.1. The SMILES string of the molecule is CC(C)(C)c1cc[c-]cc1.Cl.[Zn]. The van der Waals surface area contributed by atoms with E-state index in [-0.39, 0.29) is 37.3 Å². The Morgan fingerprint density at radius 1 is 1.08 bits per heavy atom. The minimum atomic E-state index is 0. The minimum absolute atomic E-state index is 0. The van der Waals surface area contributed by atoms with Crippen LogP contribution in [0.25, 0.3) is 0 Å². The molecule has 0 unspecified atom stereocenters. The zero-order chi connectivity index (χ0) is 7.61. The zero-order valence-corrected chi connectivity index (χ0v) is 11.7. The molecule has 0 saturated carbocycles. The first-order valence-corrected chi connectivity index (χ1v) is 3.57. The van der Waals surface area contributed by atoms with Crippen molar-refractivity contribution in [3.8, 4) is 0 Å². The molecule has 0 aliphatic heterocycles. The summed E-state index contributed by atoms with van der Waals surface area (Å²) in [7, 11) is 0. The van der Waals surface area contributed by atoms with Crippen LogP contribution in [-0.2, 0) is 24.9 Å². The topological polar surface area (TPSA) is 0 Å². The molecule has 1 rings (SSSR count). The van der Waals surface area contributed by atoms with E-state index in [1.165, 1.54) is 5.56 Å². The summed E-state index contributed by atoms with van der Waals surface area (Å²) in [6.07, 6.45) is 0. The van der Waals surface area contributed by atoms with Crippen LogP contribution in [0.15, 0.2) is 24.3 Å². The second-order valence-electron chi connectivity index (χ2n) is 3.54. The van der Waals surface area contributed by atoms with E-state index in [0.29, 0.717) is 0 Å². The van der Waals surface area contributed by atoms with Gasteiger partial charge in [0.2, 0.25) is 0 Å². The van der Waals surface area contributed by atoms with E-state index in [4.69, 9.17) is 0 Å². The number of hydrogen-bond donors (Lipinski definition) is 0. The van der Waals surface area contributed by atoms with Crippen LogP contribution < -0.4 is 0 Å². The molecule has 0 amide bonds. The van der Waals surface area contributed by atoms with Crippen LogP contribution in [0.4, 0.5) is 0 Å². The predicted octanol–water partition coefficient (Wildman–Crippen LogP) is 3.20. The van der Waals surface area contributed by atoms with Crippen molar-refractivity contribution in [2.75, 3.05) is 0 Å². The number of halogens is 1. The number of benzene rings is 1. The van der Waals surface area contributed by atoms with Crippen LogP contribution >= 0.6 is 12.4 Å². The Balaban J connectivity index is 0. The molecule has 1 aromatic rings. The zero-order valence-electron chi connectivity index (χ0n) is 7.92. The summed E-state index contributed by atoms with van der Waals surface area (Å²) in [4.78, 5) is 0. The van der Waals surface area contributed by atoms with Crippen LogP contribution in [0.3, 0.4) is 0 Å². The van der Waals surface area contributed by atoms with Gasteiger partial charge in [0.15, 0.2) is 0 Å². The molecule has 0 aliphatic carbocycles. The predicted molar refractivity (Wildman–Crippen MR) is 51.2 cm³/mol. The van der Waals surface area contributed by atoms with E-state index in [2.05, 4.69) is 39.0 Å². The molecule has 0 aliphatic rings. The monoisotopic (exact) mass is 233 g/mol. The minimum Gasteiger partial charge on any atom is -0.184 e. The van der Waals surface area contributed by atoms with Crippen LogP contribution in [0.5, 0.6) is 0 Å². The van der Waals surface area contributed by atoms with Gasteiger partial charge in [-0.15, -0.1) is 12.4 Å². The third kappa shape index (κ3) is 4.23. The van der Waals surface area contributed by atoms with E-state index in [1.807, 2.05) is 12.1 Å². The average Bonchev–Trinajstić information content (AvgIpc) is 1.88. The summed E-state index contributed by atoms with van der Waals surface area (Å²) < 4.78 is 0. The van der Waals surface area contributed by atoms with Crippen molar-refractivity contribution in [2.45, 2.75) is 26.2 Å². The molecule has 0 spiro atoms. The molecule has 0 saturated heterocycles. The van der Waals surface area contributed by atoms with Crippen molar-refractivity contribution < 1.29 is 19.5 Å². The van der Waals surface area contributed by atoms with E-state index in [1.54, 1.807) is 0 Å². The fraction of sp³-hybridized carbons (Fsp3) is 0.400. The van der Waals surface area contributed by atoms with Gasteiger partial charge in [0.05, 0.1) is 0 Å². The molecule has 0 bridgehead atoms. The molecule has 12 heavy (non-hydrogen) atoms. The van der Waals surface area contributed by atoms with E-state index >= 15 is 0 Å². The van der Waals surface area contributed by atoms with Crippen molar-refractivity contribution in [1.82, 2.24) is 0 Å². The van der Waals surface area contributed by atoms with E-state index in [0.717, 1.165) is 0 Å². The van der Waals surface area contributed by atoms with Crippen molar-refractivity contribution >= 4 is 12.4 Å². The Morgan fingerprint density at radius 2 is 1.50 bits per heavy atom. The third-order valence-corrected chi connectivity index (χ3v) is 1.58. The molecule has 0 nitrogen and oxygen atoms in total. The van der Waals surface area contributed by atoms with Gasteiger partial charge in [-0.2, -0.15) is 35.9 Å². The molecular weight excluding hydrogens is 221 g/mol. The molecule has 0 atom stereocenters. The first-order valence-electron chi connectivity index (χ1n) is 3.57. The Morgan fingerprint density at radius 3 is 1.75 bits per heavy atom. The van der Waals surface area contributed by atoms with Crippen LogP contribution in [0.2, 0.25) is 0 Å². The smallest absolute Gasteiger partial charge is 0 e. The second kappa shape index (κ2) is 5.72. The standard InChI is InChI=1S/C10H13.ClH.Zn/c1-10(2,3)9-7-5-4-6-8-9;;/h5-8H,1-3H3;1H;/q-1;;. The number of hydrogen-bond acceptors (Lipinski definition) is 0. The summed E-state index contributed by atoms with van der Waals surface area (Å²) in [5, 5.41) is 0. The van der Waals surface area contributed by atoms with Gasteiger partial charge in [0, 0.05) is 19.5 Å². The molecule has 0 aromatic heterocycles. The molecule has 0 fully saturated rings. The van der Waals surface area contributed by atoms with Gasteiger partial charge in [-0.25, -0.2) is 0 Å². The summed E-state index contributed by atoms with van der Waals surface area (Å²) in [6.45, 7) is 6.63. The molecule has 1 aromatic carbocycles. The van der Waals surface area contributed by atoms with Gasteiger partial charge in [0.25, 0.3) is 0 Å². The van der Waals surface area contributed by atoms with Crippen molar-refractivity contribution in [1.29, 1.82) is 0 Å². The Bertz CT molecular complexity index is 201. The second-order valence-corrected chi connectivity index (χ2v) is 3.54. The first-order chi connectivity index (χ1) is 4.61. The van der Waals surface area contributed by atoms with E-state index in [9.17, 15) is 0 Å². The summed E-state index contributed by atoms with van der Waals surface area (Å²) in [5.41, 5.74) is 1.64. The Hall–Kier alpha value is 0.133. The molecule has 2 heteroatoms. The fourth-order valence-electron chi connectivity index (χ4n) is 0.887. The van der Waals surface area contributed by atoms with Gasteiger partial charge in [-0.1, -0.05) is 20.8 Å². The van der Waals surface area contributed by atoms with E-state index < -0.39 is 0 Å². The van der Waals surface area contributed by atoms with Crippen LogP contribution in [-0.4, -0.2) is 0 Å². The normalized spacial score (nSPS) is 9.58. The van der Waals surface area contributed by atoms with Gasteiger partial charge < -0.3 is 0 Å².